The van der Waals surface area contributed by atoms with Crippen LogP contribution in [0.1, 0.15) is 33.2 Å². The zero-order valence-electron chi connectivity index (χ0n) is 18.5. The number of benzene rings is 4. The molecule has 0 atom stereocenters. The molecule has 0 spiro atoms. The molecule has 7 heteroatoms. The molecule has 0 unspecified atom stereocenters. The van der Waals surface area contributed by atoms with E-state index in [1.807, 2.05) is 30.3 Å². The van der Waals surface area contributed by atoms with Crippen molar-refractivity contribution in [2.24, 2.45) is 0 Å². The lowest BCUT2D eigenvalue weighted by Crippen LogP contribution is -2.09. The maximum atomic E-state index is 14.1. The van der Waals surface area contributed by atoms with Crippen LogP contribution in [0.2, 0.25) is 10.0 Å². The summed E-state index contributed by atoms with van der Waals surface area (Å²) in [6, 6.07) is 19.9. The smallest absolute Gasteiger partial charge is 0.342 e. The van der Waals surface area contributed by atoms with Crippen molar-refractivity contribution in [1.82, 2.24) is 9.97 Å². The average molecular weight is 501 g/mol. The third kappa shape index (κ3) is 3.31. The first kappa shape index (κ1) is 21.7. The van der Waals surface area contributed by atoms with E-state index in [0.29, 0.717) is 48.5 Å². The van der Waals surface area contributed by atoms with E-state index in [9.17, 15) is 9.59 Å². The fourth-order valence-corrected chi connectivity index (χ4v) is 5.19. The van der Waals surface area contributed by atoms with E-state index in [1.165, 1.54) is 0 Å². The third-order valence-electron chi connectivity index (χ3n) is 6.26. The summed E-state index contributed by atoms with van der Waals surface area (Å²) in [4.78, 5) is 34.1. The number of ether oxygens (including phenoxy) is 1. The first-order chi connectivity index (χ1) is 17.0. The van der Waals surface area contributed by atoms with Gasteiger partial charge in [-0.3, -0.25) is 4.79 Å². The lowest BCUT2D eigenvalue weighted by Gasteiger charge is -2.11. The summed E-state index contributed by atoms with van der Waals surface area (Å²) in [6.07, 6.45) is 0. The van der Waals surface area contributed by atoms with Gasteiger partial charge in [0.25, 0.3) is 0 Å². The second kappa shape index (κ2) is 8.15. The summed E-state index contributed by atoms with van der Waals surface area (Å²) in [5.41, 5.74) is 3.89. The van der Waals surface area contributed by atoms with Gasteiger partial charge in [-0.1, -0.05) is 53.5 Å². The highest BCUT2D eigenvalue weighted by atomic mass is 35.5. The molecule has 0 aliphatic heterocycles. The van der Waals surface area contributed by atoms with Crippen molar-refractivity contribution in [3.8, 4) is 0 Å². The molecule has 0 amide bonds. The zero-order valence-corrected chi connectivity index (χ0v) is 20.1. The van der Waals surface area contributed by atoms with Gasteiger partial charge in [-0.15, -0.1) is 0 Å². The highest BCUT2D eigenvalue weighted by Crippen LogP contribution is 2.42. The normalized spacial score (nSPS) is 11.6. The van der Waals surface area contributed by atoms with Gasteiger partial charge in [-0.2, -0.15) is 0 Å². The number of halogens is 2. The van der Waals surface area contributed by atoms with Gasteiger partial charge in [0.1, 0.15) is 5.56 Å². The van der Waals surface area contributed by atoms with E-state index in [-0.39, 0.29) is 12.4 Å². The lowest BCUT2D eigenvalue weighted by molar-refractivity contribution is 0.0530. The Labute approximate surface area is 209 Å². The summed E-state index contributed by atoms with van der Waals surface area (Å²) >= 11 is 12.8. The average Bonchev–Trinajstić information content (AvgIpc) is 3.40. The lowest BCUT2D eigenvalue weighted by atomic mass is 9.91. The Balaban J connectivity index is 1.91. The number of rotatable bonds is 4. The molecule has 0 fully saturated rings. The van der Waals surface area contributed by atoms with Crippen molar-refractivity contribution in [2.45, 2.75) is 6.92 Å². The summed E-state index contributed by atoms with van der Waals surface area (Å²) < 4.78 is 5.45. The Morgan fingerprint density at radius 3 is 1.83 bits per heavy atom. The van der Waals surface area contributed by atoms with E-state index < -0.39 is 5.97 Å². The molecule has 4 aromatic carbocycles. The summed E-state index contributed by atoms with van der Waals surface area (Å²) in [5.74, 6) is -0.658. The molecule has 5 nitrogen and oxygen atoms in total. The van der Waals surface area contributed by atoms with Crippen molar-refractivity contribution in [3.05, 3.63) is 93.5 Å². The van der Waals surface area contributed by atoms with Crippen LogP contribution in [0.4, 0.5) is 0 Å². The molecule has 6 aromatic rings. The molecule has 2 aromatic heterocycles. The second-order valence-corrected chi connectivity index (χ2v) is 9.17. The second-order valence-electron chi connectivity index (χ2n) is 8.30. The number of hydrogen-bond donors (Lipinski definition) is 2. The van der Waals surface area contributed by atoms with E-state index in [1.54, 1.807) is 43.3 Å². The van der Waals surface area contributed by atoms with Crippen LogP contribution in [0.5, 0.6) is 0 Å². The van der Waals surface area contributed by atoms with Gasteiger partial charge >= 0.3 is 5.97 Å². The Hall–Kier alpha value is -3.80. The molecule has 0 radical (unpaired) electrons. The molecule has 2 N–H and O–H groups in total. The van der Waals surface area contributed by atoms with Gasteiger partial charge in [0.15, 0.2) is 5.78 Å². The third-order valence-corrected chi connectivity index (χ3v) is 6.73. The molecular weight excluding hydrogens is 483 g/mol. The van der Waals surface area contributed by atoms with Gasteiger partial charge < -0.3 is 14.7 Å². The fourth-order valence-electron chi connectivity index (χ4n) is 4.84. The molecule has 0 saturated carbocycles. The number of carbonyl (C=O) groups excluding carboxylic acids is 2. The van der Waals surface area contributed by atoms with Gasteiger partial charge in [0, 0.05) is 53.8 Å². The minimum atomic E-state index is -0.489. The van der Waals surface area contributed by atoms with Crippen molar-refractivity contribution >= 4 is 78.6 Å². The van der Waals surface area contributed by atoms with Gasteiger partial charge in [-0.05, 0) is 43.3 Å². The molecule has 0 aliphatic carbocycles. The molecule has 6 rings (SSSR count). The van der Waals surface area contributed by atoms with E-state index in [2.05, 4.69) is 9.97 Å². The monoisotopic (exact) mass is 500 g/mol. The highest BCUT2D eigenvalue weighted by Gasteiger charge is 2.29. The van der Waals surface area contributed by atoms with Crippen LogP contribution in [0, 0.1) is 0 Å². The van der Waals surface area contributed by atoms with Crippen molar-refractivity contribution < 1.29 is 14.3 Å². The predicted molar refractivity (Wildman–Crippen MR) is 141 cm³/mol. The zero-order chi connectivity index (χ0) is 24.3. The SMILES string of the molecule is CCOC(=O)c1c2[nH]c3ccc(Cl)cc3c2c(C(=O)c2ccccc2)c2c1[nH]c1ccc(Cl)cc12. The molecule has 172 valence electrons. The van der Waals surface area contributed by atoms with Gasteiger partial charge in [0.05, 0.1) is 17.6 Å². The van der Waals surface area contributed by atoms with Crippen LogP contribution in [-0.2, 0) is 4.74 Å². The highest BCUT2D eigenvalue weighted by molar-refractivity contribution is 6.38. The summed E-state index contributed by atoms with van der Waals surface area (Å²) in [6.45, 7) is 1.97. The first-order valence-electron chi connectivity index (χ1n) is 11.1. The maximum Gasteiger partial charge on any atom is 0.342 e. The minimum absolute atomic E-state index is 0.169. The molecule has 2 heterocycles. The number of nitrogens with one attached hydrogen (secondary N) is 2. The molecule has 0 aliphatic rings. The minimum Gasteiger partial charge on any atom is -0.462 e. The molecule has 35 heavy (non-hydrogen) atoms. The van der Waals surface area contributed by atoms with E-state index in [4.69, 9.17) is 27.9 Å². The largest absolute Gasteiger partial charge is 0.462 e. The summed E-state index contributed by atoms with van der Waals surface area (Å²) in [7, 11) is 0. The number of carbonyl (C=O) groups is 2. The Bertz CT molecular complexity index is 1720. The fraction of sp³-hybridized carbons (Fsp3) is 0.0714. The summed E-state index contributed by atoms with van der Waals surface area (Å²) in [5, 5.41) is 3.78. The number of H-pyrrole nitrogens is 2. The van der Waals surface area contributed by atoms with E-state index >= 15 is 0 Å². The molecular formula is C28H18Cl2N2O3. The molecule has 0 bridgehead atoms. The number of ketones is 1. The number of esters is 1. The van der Waals surface area contributed by atoms with Crippen molar-refractivity contribution in [2.75, 3.05) is 6.61 Å². The van der Waals surface area contributed by atoms with Crippen molar-refractivity contribution in [3.63, 3.8) is 0 Å². The maximum absolute atomic E-state index is 14.1. The van der Waals surface area contributed by atoms with Crippen LogP contribution >= 0.6 is 23.2 Å². The first-order valence-corrected chi connectivity index (χ1v) is 11.9. The van der Waals surface area contributed by atoms with Crippen LogP contribution in [0.3, 0.4) is 0 Å². The standard InChI is InChI=1S/C28H18Cl2N2O3/c1-2-35-28(34)24-25-21(17-12-15(29)8-10-19(17)31-25)23(27(33)14-6-4-3-5-7-14)22-18-13-16(30)9-11-20(18)32-26(22)24/h3-13,31-32H,2H2,1H3. The van der Waals surface area contributed by atoms with Crippen LogP contribution in [-0.4, -0.2) is 28.3 Å². The van der Waals surface area contributed by atoms with Crippen molar-refractivity contribution in [1.29, 1.82) is 0 Å². The van der Waals surface area contributed by atoms with Crippen LogP contribution in [0.15, 0.2) is 66.7 Å². The predicted octanol–water partition coefficient (Wildman–Crippen LogP) is 7.67. The van der Waals surface area contributed by atoms with Gasteiger partial charge in [0.2, 0.25) is 0 Å². The number of hydrogen-bond acceptors (Lipinski definition) is 3. The Kier molecular flexibility index (Phi) is 5.06. The van der Waals surface area contributed by atoms with E-state index in [0.717, 1.165) is 21.8 Å². The molecule has 0 saturated heterocycles. The topological polar surface area (TPSA) is 75.0 Å². The number of fused-ring (bicyclic) bond motifs is 6. The van der Waals surface area contributed by atoms with Gasteiger partial charge in [-0.25, -0.2) is 4.79 Å². The Morgan fingerprint density at radius 2 is 1.31 bits per heavy atom. The van der Waals surface area contributed by atoms with Crippen LogP contribution < -0.4 is 0 Å². The Morgan fingerprint density at radius 1 is 0.771 bits per heavy atom. The number of aromatic amines is 2. The number of aromatic nitrogens is 2. The quantitative estimate of drug-likeness (QED) is 0.192. The van der Waals surface area contributed by atoms with Crippen LogP contribution in [0.25, 0.3) is 43.6 Å².